The highest BCUT2D eigenvalue weighted by molar-refractivity contribution is 8.01. The van der Waals surface area contributed by atoms with Crippen molar-refractivity contribution >= 4 is 23.6 Å². The molecule has 0 spiro atoms. The van der Waals surface area contributed by atoms with Gasteiger partial charge in [-0.05, 0) is 24.3 Å². The molecule has 9 nitrogen and oxygen atoms in total. The maximum absolute atomic E-state index is 12.7. The Hall–Kier alpha value is -2.47. The van der Waals surface area contributed by atoms with Crippen LogP contribution in [0.15, 0.2) is 65.6 Å². The number of carbonyl (C=O) groups is 2. The van der Waals surface area contributed by atoms with Crippen molar-refractivity contribution in [3.63, 3.8) is 0 Å². The largest absolute Gasteiger partial charge is 0.478 e. The van der Waals surface area contributed by atoms with Crippen LogP contribution in [-0.4, -0.2) is 79.4 Å². The van der Waals surface area contributed by atoms with Gasteiger partial charge in [0.2, 0.25) is 4.93 Å². The molecule has 1 heterocycles. The van der Waals surface area contributed by atoms with Crippen LogP contribution in [0.5, 0.6) is 0 Å². The molecule has 1 aliphatic heterocycles. The number of carboxylic acid groups (broad SMARTS) is 1. The summed E-state index contributed by atoms with van der Waals surface area (Å²) in [5.74, 6) is -1.97. The van der Waals surface area contributed by atoms with Crippen molar-refractivity contribution in [1.82, 2.24) is 5.32 Å². The number of carbonyl (C=O) groups excluding carboxylic acids is 1. The van der Waals surface area contributed by atoms with Crippen molar-refractivity contribution in [3.05, 3.63) is 66.2 Å². The van der Waals surface area contributed by atoms with Crippen molar-refractivity contribution in [2.75, 3.05) is 6.61 Å². The van der Waals surface area contributed by atoms with Crippen LogP contribution in [0.4, 0.5) is 0 Å². The van der Waals surface area contributed by atoms with E-state index in [1.165, 1.54) is 0 Å². The molecule has 32 heavy (non-hydrogen) atoms. The molecule has 6 N–H and O–H groups in total. The van der Waals surface area contributed by atoms with E-state index in [4.69, 9.17) is 4.74 Å². The Labute approximate surface area is 188 Å². The standard InChI is InChI=1S/C22H25NO8S/c24-12-16(26)18(27)19-17(23-20(28)13-7-3-1-4-8-13)15(25)11-22(31-19,21(29)30)32-14-9-5-2-6-10-14/h1-10,15-19,24-27H,11-12H2,(H,23,28)(H,29,30)/t15-,16+,17+,18+,19+,22-/m0/s1. The minimum absolute atomic E-state index is 0.282. The molecule has 1 aliphatic rings. The third-order valence-electron chi connectivity index (χ3n) is 5.18. The summed E-state index contributed by atoms with van der Waals surface area (Å²) >= 11 is 0.832. The number of nitrogens with one attached hydrogen (secondary N) is 1. The molecule has 0 saturated carbocycles. The molecule has 1 saturated heterocycles. The molecule has 3 rings (SSSR count). The Morgan fingerprint density at radius 1 is 1.09 bits per heavy atom. The molecular formula is C22H25NO8S. The van der Waals surface area contributed by atoms with Gasteiger partial charge in [0.05, 0.1) is 18.8 Å². The second-order valence-electron chi connectivity index (χ2n) is 7.43. The minimum atomic E-state index is -2.00. The first-order valence-corrected chi connectivity index (χ1v) is 10.8. The van der Waals surface area contributed by atoms with Crippen LogP contribution in [0.2, 0.25) is 0 Å². The van der Waals surface area contributed by atoms with Crippen LogP contribution in [-0.2, 0) is 9.53 Å². The fourth-order valence-corrected chi connectivity index (χ4v) is 4.67. The number of amides is 1. The van der Waals surface area contributed by atoms with E-state index in [-0.39, 0.29) is 5.56 Å². The highest BCUT2D eigenvalue weighted by Crippen LogP contribution is 2.43. The molecule has 6 atom stereocenters. The third-order valence-corrected chi connectivity index (χ3v) is 6.45. The van der Waals surface area contributed by atoms with Crippen molar-refractivity contribution in [2.24, 2.45) is 0 Å². The highest BCUT2D eigenvalue weighted by Gasteiger charge is 2.55. The minimum Gasteiger partial charge on any atom is -0.478 e. The monoisotopic (exact) mass is 463 g/mol. The summed E-state index contributed by atoms with van der Waals surface area (Å²) in [6.45, 7) is -0.831. The molecule has 1 fully saturated rings. The first-order valence-electron chi connectivity index (χ1n) is 9.93. The van der Waals surface area contributed by atoms with Gasteiger partial charge in [-0.2, -0.15) is 0 Å². The second kappa shape index (κ2) is 10.4. The number of aliphatic hydroxyl groups excluding tert-OH is 4. The van der Waals surface area contributed by atoms with E-state index in [0.717, 1.165) is 11.8 Å². The van der Waals surface area contributed by atoms with Gasteiger partial charge in [-0.1, -0.05) is 48.2 Å². The van der Waals surface area contributed by atoms with Crippen LogP contribution < -0.4 is 5.32 Å². The molecule has 10 heteroatoms. The zero-order valence-electron chi connectivity index (χ0n) is 16.9. The van der Waals surface area contributed by atoms with Crippen LogP contribution in [0, 0.1) is 0 Å². The van der Waals surface area contributed by atoms with Gasteiger partial charge in [-0.3, -0.25) is 4.79 Å². The normalized spacial score (nSPS) is 27.3. The maximum Gasteiger partial charge on any atom is 0.347 e. The Balaban J connectivity index is 1.93. The lowest BCUT2D eigenvalue weighted by Gasteiger charge is -2.46. The van der Waals surface area contributed by atoms with E-state index >= 15 is 0 Å². The predicted octanol–water partition coefficient (Wildman–Crippen LogP) is 0.222. The Kier molecular flexibility index (Phi) is 7.88. The average Bonchev–Trinajstić information content (AvgIpc) is 2.80. The van der Waals surface area contributed by atoms with E-state index in [9.17, 15) is 35.1 Å². The lowest BCUT2D eigenvalue weighted by molar-refractivity contribution is -0.203. The number of carboxylic acids is 1. The summed E-state index contributed by atoms with van der Waals surface area (Å²) in [5.41, 5.74) is 0.282. The molecule has 0 aliphatic carbocycles. The average molecular weight is 464 g/mol. The van der Waals surface area contributed by atoms with Gasteiger partial charge < -0.3 is 35.6 Å². The van der Waals surface area contributed by atoms with Crippen LogP contribution >= 0.6 is 11.8 Å². The molecule has 2 aromatic rings. The van der Waals surface area contributed by atoms with Crippen LogP contribution in [0.1, 0.15) is 16.8 Å². The topological polar surface area (TPSA) is 157 Å². The molecule has 0 aromatic heterocycles. The van der Waals surface area contributed by atoms with E-state index in [0.29, 0.717) is 4.90 Å². The summed E-state index contributed by atoms with van der Waals surface area (Å²) in [6.07, 6.45) is -6.84. The summed E-state index contributed by atoms with van der Waals surface area (Å²) in [6, 6.07) is 15.4. The second-order valence-corrected chi connectivity index (χ2v) is 8.77. The zero-order chi connectivity index (χ0) is 23.3. The van der Waals surface area contributed by atoms with Gasteiger partial charge in [0, 0.05) is 16.9 Å². The summed E-state index contributed by atoms with van der Waals surface area (Å²) in [5, 5.41) is 53.3. The molecule has 0 bridgehead atoms. The third kappa shape index (κ3) is 5.29. The highest BCUT2D eigenvalue weighted by atomic mass is 32.2. The number of hydrogen-bond donors (Lipinski definition) is 6. The Morgan fingerprint density at radius 3 is 2.25 bits per heavy atom. The van der Waals surface area contributed by atoms with Crippen LogP contribution in [0.25, 0.3) is 0 Å². The molecule has 2 aromatic carbocycles. The van der Waals surface area contributed by atoms with Crippen molar-refractivity contribution < 1.29 is 39.9 Å². The Morgan fingerprint density at radius 2 is 1.69 bits per heavy atom. The predicted molar refractivity (Wildman–Crippen MR) is 115 cm³/mol. The number of thioether (sulfide) groups is 1. The molecule has 0 radical (unpaired) electrons. The van der Waals surface area contributed by atoms with Gasteiger partial charge in [0.1, 0.15) is 18.3 Å². The number of ether oxygens (including phenoxy) is 1. The van der Waals surface area contributed by atoms with E-state index < -0.39 is 60.3 Å². The quantitative estimate of drug-likeness (QED) is 0.322. The zero-order valence-corrected chi connectivity index (χ0v) is 17.8. The van der Waals surface area contributed by atoms with E-state index in [1.54, 1.807) is 60.7 Å². The number of benzene rings is 2. The first-order chi connectivity index (χ1) is 15.3. The lowest BCUT2D eigenvalue weighted by atomic mass is 9.89. The number of aliphatic carboxylic acids is 1. The van der Waals surface area contributed by atoms with Crippen molar-refractivity contribution in [1.29, 1.82) is 0 Å². The molecular weight excluding hydrogens is 438 g/mol. The van der Waals surface area contributed by atoms with Crippen molar-refractivity contribution in [3.8, 4) is 0 Å². The molecule has 0 unspecified atom stereocenters. The first kappa shape index (κ1) is 24.2. The fourth-order valence-electron chi connectivity index (χ4n) is 3.50. The van der Waals surface area contributed by atoms with Gasteiger partial charge in [-0.25, -0.2) is 4.79 Å². The summed E-state index contributed by atoms with van der Waals surface area (Å²) in [7, 11) is 0. The van der Waals surface area contributed by atoms with Gasteiger partial charge >= 0.3 is 5.97 Å². The molecule has 1 amide bonds. The summed E-state index contributed by atoms with van der Waals surface area (Å²) in [4.78, 5) is 23.4. The van der Waals surface area contributed by atoms with E-state index in [2.05, 4.69) is 5.32 Å². The summed E-state index contributed by atoms with van der Waals surface area (Å²) < 4.78 is 5.81. The van der Waals surface area contributed by atoms with Gasteiger partial charge in [-0.15, -0.1) is 0 Å². The molecule has 172 valence electrons. The van der Waals surface area contributed by atoms with Gasteiger partial charge in [0.15, 0.2) is 0 Å². The Bertz CT molecular complexity index is 915. The maximum atomic E-state index is 12.7. The van der Waals surface area contributed by atoms with Gasteiger partial charge in [0.25, 0.3) is 5.91 Å². The van der Waals surface area contributed by atoms with Crippen LogP contribution in [0.3, 0.4) is 0 Å². The number of rotatable bonds is 8. The van der Waals surface area contributed by atoms with E-state index in [1.807, 2.05) is 0 Å². The number of aliphatic hydroxyl groups is 4. The SMILES string of the molecule is O=C(N[C@H]1[C@H]([C@H](O)[C@H](O)CO)O[C@@](Sc2ccccc2)(C(=O)O)C[C@@H]1O)c1ccccc1. The smallest absolute Gasteiger partial charge is 0.347 e. The van der Waals surface area contributed by atoms with Crippen molar-refractivity contribution in [2.45, 2.75) is 46.7 Å². The fraction of sp³-hybridized carbons (Fsp3) is 0.364. The lowest BCUT2D eigenvalue weighted by Crippen LogP contribution is -2.66. The number of hydrogen-bond acceptors (Lipinski definition) is 8.